The Kier molecular flexibility index (Phi) is 3.15. The molecule has 0 aliphatic heterocycles. The summed E-state index contributed by atoms with van der Waals surface area (Å²) in [4.78, 5) is 0. The predicted molar refractivity (Wildman–Crippen MR) is 62.8 cm³/mol. The SMILES string of the molecule is Cc1cc(C[S])cc(C(C)(C)C)c1O. The number of aromatic hydroxyl groups is 1. The molecule has 1 rings (SSSR count). The first-order valence-electron chi connectivity index (χ1n) is 4.77. The van der Waals surface area contributed by atoms with Gasteiger partial charge in [-0.3, -0.25) is 0 Å². The van der Waals surface area contributed by atoms with E-state index < -0.39 is 0 Å². The van der Waals surface area contributed by atoms with Crippen LogP contribution in [0.2, 0.25) is 0 Å². The van der Waals surface area contributed by atoms with Crippen LogP contribution in [-0.4, -0.2) is 5.11 Å². The minimum Gasteiger partial charge on any atom is -0.507 e. The second kappa shape index (κ2) is 3.85. The number of hydrogen-bond donors (Lipinski definition) is 1. The Hall–Kier alpha value is -0.630. The fraction of sp³-hybridized carbons (Fsp3) is 0.500. The summed E-state index contributed by atoms with van der Waals surface area (Å²) in [6.07, 6.45) is 0. The summed E-state index contributed by atoms with van der Waals surface area (Å²) < 4.78 is 0. The molecule has 1 aromatic carbocycles. The third-order valence-corrected chi connectivity index (χ3v) is 2.67. The maximum Gasteiger partial charge on any atom is 0.122 e. The van der Waals surface area contributed by atoms with E-state index in [1.807, 2.05) is 19.1 Å². The van der Waals surface area contributed by atoms with Crippen molar-refractivity contribution in [3.05, 3.63) is 28.8 Å². The highest BCUT2D eigenvalue weighted by Gasteiger charge is 2.19. The lowest BCUT2D eigenvalue weighted by molar-refractivity contribution is 0.442. The molecular formula is C12H17OS. The van der Waals surface area contributed by atoms with Crippen LogP contribution >= 0.6 is 12.6 Å². The third-order valence-electron chi connectivity index (χ3n) is 2.33. The zero-order valence-corrected chi connectivity index (χ0v) is 10.0. The van der Waals surface area contributed by atoms with Gasteiger partial charge in [-0.25, -0.2) is 0 Å². The second-order valence-corrected chi connectivity index (χ2v) is 4.99. The Morgan fingerprint density at radius 3 is 2.29 bits per heavy atom. The lowest BCUT2D eigenvalue weighted by Crippen LogP contribution is -2.12. The Morgan fingerprint density at radius 2 is 1.86 bits per heavy atom. The van der Waals surface area contributed by atoms with Crippen LogP contribution in [0.5, 0.6) is 5.75 Å². The van der Waals surface area contributed by atoms with Crippen molar-refractivity contribution >= 4 is 12.6 Å². The molecule has 0 atom stereocenters. The smallest absolute Gasteiger partial charge is 0.122 e. The van der Waals surface area contributed by atoms with Crippen molar-refractivity contribution in [3.63, 3.8) is 0 Å². The monoisotopic (exact) mass is 209 g/mol. The Labute approximate surface area is 91.6 Å². The van der Waals surface area contributed by atoms with E-state index in [-0.39, 0.29) is 5.41 Å². The molecule has 0 aromatic heterocycles. The van der Waals surface area contributed by atoms with Crippen LogP contribution in [0.4, 0.5) is 0 Å². The van der Waals surface area contributed by atoms with Gasteiger partial charge >= 0.3 is 0 Å². The van der Waals surface area contributed by atoms with Gasteiger partial charge in [0.2, 0.25) is 0 Å². The van der Waals surface area contributed by atoms with Gasteiger partial charge in [0.15, 0.2) is 0 Å². The van der Waals surface area contributed by atoms with Gasteiger partial charge in [0.1, 0.15) is 5.75 Å². The molecule has 0 aliphatic carbocycles. The standard InChI is InChI=1S/C12H17OS/c1-8-5-9(7-14)6-10(11(8)13)12(2,3)4/h5-6,13H,7H2,1-4H3. The Bertz CT molecular complexity index is 337. The van der Waals surface area contributed by atoms with Crippen molar-refractivity contribution in [1.82, 2.24) is 0 Å². The van der Waals surface area contributed by atoms with Crippen LogP contribution in [0.25, 0.3) is 0 Å². The number of aryl methyl sites for hydroxylation is 1. The molecule has 0 fully saturated rings. The van der Waals surface area contributed by atoms with E-state index in [9.17, 15) is 5.11 Å². The van der Waals surface area contributed by atoms with Crippen molar-refractivity contribution in [1.29, 1.82) is 0 Å². The lowest BCUT2D eigenvalue weighted by atomic mass is 9.84. The van der Waals surface area contributed by atoms with Gasteiger partial charge in [-0.2, -0.15) is 0 Å². The molecule has 0 bridgehead atoms. The first-order valence-corrected chi connectivity index (χ1v) is 5.35. The van der Waals surface area contributed by atoms with Gasteiger partial charge in [-0.15, -0.1) is 0 Å². The van der Waals surface area contributed by atoms with Gasteiger partial charge in [-0.05, 0) is 29.0 Å². The molecule has 0 amide bonds. The fourth-order valence-electron chi connectivity index (χ4n) is 1.51. The van der Waals surface area contributed by atoms with Gasteiger partial charge in [0, 0.05) is 5.75 Å². The summed E-state index contributed by atoms with van der Waals surface area (Å²) in [5.41, 5.74) is 2.98. The summed E-state index contributed by atoms with van der Waals surface area (Å²) in [7, 11) is 0. The van der Waals surface area contributed by atoms with Gasteiger partial charge < -0.3 is 5.11 Å². The maximum absolute atomic E-state index is 9.92. The van der Waals surface area contributed by atoms with Crippen molar-refractivity contribution in [2.75, 3.05) is 0 Å². The average molecular weight is 209 g/mol. The van der Waals surface area contributed by atoms with E-state index in [2.05, 4.69) is 20.8 Å². The van der Waals surface area contributed by atoms with Crippen LogP contribution in [-0.2, 0) is 11.2 Å². The normalized spacial score (nSPS) is 11.8. The maximum atomic E-state index is 9.92. The van der Waals surface area contributed by atoms with Crippen molar-refractivity contribution in [3.8, 4) is 5.75 Å². The molecular weight excluding hydrogens is 192 g/mol. The van der Waals surface area contributed by atoms with Gasteiger partial charge in [0.05, 0.1) is 0 Å². The zero-order valence-electron chi connectivity index (χ0n) is 9.22. The minimum absolute atomic E-state index is 0.0324. The summed E-state index contributed by atoms with van der Waals surface area (Å²) in [5.74, 6) is 1.01. The molecule has 14 heavy (non-hydrogen) atoms. The largest absolute Gasteiger partial charge is 0.507 e. The number of phenols is 1. The molecule has 0 saturated heterocycles. The summed E-state index contributed by atoms with van der Waals surface area (Å²) in [6.45, 7) is 8.19. The third kappa shape index (κ3) is 2.24. The molecule has 1 N–H and O–H groups in total. The molecule has 1 nitrogen and oxygen atoms in total. The lowest BCUT2D eigenvalue weighted by Gasteiger charge is -2.22. The average Bonchev–Trinajstić information content (AvgIpc) is 2.07. The fourth-order valence-corrected chi connectivity index (χ4v) is 1.68. The van der Waals surface area contributed by atoms with Crippen LogP contribution in [0.1, 0.15) is 37.5 Å². The molecule has 77 valence electrons. The van der Waals surface area contributed by atoms with Crippen LogP contribution in [0.3, 0.4) is 0 Å². The number of rotatable bonds is 1. The zero-order chi connectivity index (χ0) is 10.9. The van der Waals surface area contributed by atoms with E-state index in [0.29, 0.717) is 11.5 Å². The first-order chi connectivity index (χ1) is 6.36. The van der Waals surface area contributed by atoms with Crippen molar-refractivity contribution < 1.29 is 5.11 Å². The molecule has 0 spiro atoms. The number of benzene rings is 1. The highest BCUT2D eigenvalue weighted by atomic mass is 32.1. The van der Waals surface area contributed by atoms with Crippen molar-refractivity contribution in [2.24, 2.45) is 0 Å². The van der Waals surface area contributed by atoms with Gasteiger partial charge in [-0.1, -0.05) is 45.5 Å². The first kappa shape index (κ1) is 11.4. The molecule has 2 heteroatoms. The van der Waals surface area contributed by atoms with E-state index in [4.69, 9.17) is 12.6 Å². The molecule has 0 aliphatic rings. The van der Waals surface area contributed by atoms with Crippen LogP contribution in [0.15, 0.2) is 12.1 Å². The van der Waals surface area contributed by atoms with Crippen LogP contribution < -0.4 is 0 Å². The summed E-state index contributed by atoms with van der Waals surface area (Å²) in [6, 6.07) is 3.97. The van der Waals surface area contributed by atoms with E-state index >= 15 is 0 Å². The number of phenolic OH excluding ortho intramolecular Hbond substituents is 1. The highest BCUT2D eigenvalue weighted by molar-refractivity contribution is 7.79. The highest BCUT2D eigenvalue weighted by Crippen LogP contribution is 2.34. The minimum atomic E-state index is -0.0324. The Morgan fingerprint density at radius 1 is 1.29 bits per heavy atom. The van der Waals surface area contributed by atoms with E-state index in [1.54, 1.807) is 0 Å². The second-order valence-electron chi connectivity index (χ2n) is 4.70. The molecule has 0 heterocycles. The summed E-state index contributed by atoms with van der Waals surface area (Å²) in [5, 5.41) is 9.92. The van der Waals surface area contributed by atoms with E-state index in [1.165, 1.54) is 0 Å². The molecule has 1 aromatic rings. The number of hydrogen-bond acceptors (Lipinski definition) is 1. The topological polar surface area (TPSA) is 20.2 Å². The van der Waals surface area contributed by atoms with Gasteiger partial charge in [0.25, 0.3) is 0 Å². The Balaban J connectivity index is 3.35. The quantitative estimate of drug-likeness (QED) is 0.747. The van der Waals surface area contributed by atoms with E-state index in [0.717, 1.165) is 16.7 Å². The molecule has 1 radical (unpaired) electrons. The molecule has 0 unspecified atom stereocenters. The van der Waals surface area contributed by atoms with Crippen molar-refractivity contribution in [2.45, 2.75) is 38.9 Å². The summed E-state index contributed by atoms with van der Waals surface area (Å²) >= 11 is 5.02. The molecule has 0 saturated carbocycles. The van der Waals surface area contributed by atoms with Crippen LogP contribution in [0, 0.1) is 6.92 Å². The predicted octanol–water partition coefficient (Wildman–Crippen LogP) is 3.70.